The topological polar surface area (TPSA) is 113 Å². The van der Waals surface area contributed by atoms with Gasteiger partial charge in [0.25, 0.3) is 10.0 Å². The summed E-state index contributed by atoms with van der Waals surface area (Å²) in [5.74, 6) is -6.95. The molecule has 7 nitrogen and oxygen atoms in total. The molecule has 0 amide bonds. The first kappa shape index (κ1) is 22.5. The Morgan fingerprint density at radius 3 is 1.81 bits per heavy atom. The molecule has 0 aliphatic heterocycles. The van der Waals surface area contributed by atoms with Crippen LogP contribution < -0.4 is 10.0 Å². The number of rotatable bonds is 9. The zero-order valence-electron chi connectivity index (χ0n) is 12.5. The van der Waals surface area contributed by atoms with Crippen molar-refractivity contribution in [1.82, 2.24) is 4.72 Å². The van der Waals surface area contributed by atoms with Crippen LogP contribution >= 0.6 is 0 Å². The lowest BCUT2D eigenvalue weighted by atomic mass is 10.3. The third-order valence-corrected chi connectivity index (χ3v) is 5.33. The van der Waals surface area contributed by atoms with E-state index < -0.39 is 43.1 Å². The fourth-order valence-electron chi connectivity index (χ4n) is 1.54. The van der Waals surface area contributed by atoms with Crippen LogP contribution in [-0.4, -0.2) is 50.9 Å². The van der Waals surface area contributed by atoms with Crippen molar-refractivity contribution in [3.8, 4) is 0 Å². The average Bonchev–Trinajstić information content (AvgIpc) is 2.51. The van der Waals surface area contributed by atoms with Crippen LogP contribution in [0.25, 0.3) is 0 Å². The summed E-state index contributed by atoms with van der Waals surface area (Å²) in [6.45, 7) is -1.31. The van der Waals surface area contributed by atoms with Crippen LogP contribution in [0.4, 0.5) is 32.0 Å². The quantitative estimate of drug-likeness (QED) is 0.313. The van der Waals surface area contributed by atoms with Crippen molar-refractivity contribution in [2.24, 2.45) is 0 Å². The van der Waals surface area contributed by atoms with Gasteiger partial charge in [0.15, 0.2) is 0 Å². The van der Waals surface area contributed by atoms with E-state index in [9.17, 15) is 43.2 Å². The predicted molar refractivity (Wildman–Crippen MR) is 78.2 cm³/mol. The molecule has 0 aromatic heterocycles. The Labute approximate surface area is 144 Å². The maximum Gasteiger partial charge on any atom is 0.439 e. The third kappa shape index (κ3) is 4.05. The molecule has 0 radical (unpaired) electrons. The number of sulfonamides is 1. The molecule has 0 aliphatic carbocycles. The molecule has 0 saturated carbocycles. The number of hydrogen-bond donors (Lipinski definition) is 3. The van der Waals surface area contributed by atoms with Crippen molar-refractivity contribution in [3.05, 3.63) is 30.3 Å². The number of para-hydroxylation sites is 1. The SMILES string of the molecule is O=S(=O)(O)C(F)(F)C(F)(F)C(F)(F)S(=O)(=O)NCCNc1ccccc1. The van der Waals surface area contributed by atoms with Gasteiger partial charge in [-0.05, 0) is 12.1 Å². The minimum atomic E-state index is -7.03. The lowest BCUT2D eigenvalue weighted by Crippen LogP contribution is -2.62. The van der Waals surface area contributed by atoms with Gasteiger partial charge in [0.2, 0.25) is 0 Å². The number of nitrogens with one attached hydrogen (secondary N) is 2. The van der Waals surface area contributed by atoms with E-state index in [-0.39, 0.29) is 6.54 Å². The molecule has 0 unspecified atom stereocenters. The molecule has 15 heteroatoms. The van der Waals surface area contributed by atoms with Gasteiger partial charge < -0.3 is 5.32 Å². The van der Waals surface area contributed by atoms with Crippen molar-refractivity contribution in [2.75, 3.05) is 18.4 Å². The molecule has 1 aromatic rings. The molecule has 0 atom stereocenters. The maximum absolute atomic E-state index is 13.5. The van der Waals surface area contributed by atoms with Gasteiger partial charge in [-0.1, -0.05) is 18.2 Å². The molecule has 26 heavy (non-hydrogen) atoms. The summed E-state index contributed by atoms with van der Waals surface area (Å²) in [6, 6.07) is 7.77. The van der Waals surface area contributed by atoms with Crippen molar-refractivity contribution in [1.29, 1.82) is 0 Å². The number of halogens is 6. The van der Waals surface area contributed by atoms with E-state index in [0.29, 0.717) is 5.69 Å². The van der Waals surface area contributed by atoms with Crippen LogP contribution in [0.2, 0.25) is 0 Å². The first-order valence-electron chi connectivity index (χ1n) is 6.46. The van der Waals surface area contributed by atoms with Crippen LogP contribution in [0.1, 0.15) is 0 Å². The Hall–Kier alpha value is -1.58. The van der Waals surface area contributed by atoms with E-state index in [4.69, 9.17) is 4.55 Å². The monoisotopic (exact) mass is 430 g/mol. The smallest absolute Gasteiger partial charge is 0.384 e. The molecule has 3 N–H and O–H groups in total. The largest absolute Gasteiger partial charge is 0.439 e. The van der Waals surface area contributed by atoms with Gasteiger partial charge in [-0.15, -0.1) is 0 Å². The Bertz CT molecular complexity index is 830. The van der Waals surface area contributed by atoms with Crippen LogP contribution in [0.5, 0.6) is 0 Å². The zero-order chi connectivity index (χ0) is 20.4. The number of benzene rings is 1. The molecular weight excluding hydrogens is 418 g/mol. The van der Waals surface area contributed by atoms with E-state index in [1.807, 2.05) is 0 Å². The highest BCUT2D eigenvalue weighted by Gasteiger charge is 2.82. The summed E-state index contributed by atoms with van der Waals surface area (Å²) in [5, 5.41) is -10.8. The van der Waals surface area contributed by atoms with Crippen molar-refractivity contribution < 1.29 is 47.7 Å². The summed E-state index contributed by atoms with van der Waals surface area (Å²) in [4.78, 5) is 0. The molecule has 0 heterocycles. The highest BCUT2D eigenvalue weighted by Crippen LogP contribution is 2.50. The van der Waals surface area contributed by atoms with Crippen molar-refractivity contribution >= 4 is 25.8 Å². The fraction of sp³-hybridized carbons (Fsp3) is 0.455. The first-order chi connectivity index (χ1) is 11.6. The summed E-state index contributed by atoms with van der Waals surface area (Å²) in [5.41, 5.74) is 0.418. The van der Waals surface area contributed by atoms with Crippen LogP contribution in [0.15, 0.2) is 30.3 Å². The highest BCUT2D eigenvalue weighted by atomic mass is 32.2. The summed E-state index contributed by atoms with van der Waals surface area (Å²) >= 11 is 0. The third-order valence-electron chi connectivity index (χ3n) is 2.91. The van der Waals surface area contributed by atoms with E-state index in [0.717, 1.165) is 4.72 Å². The van der Waals surface area contributed by atoms with Crippen LogP contribution in [-0.2, 0) is 20.1 Å². The number of hydrogen-bond acceptors (Lipinski definition) is 5. The number of alkyl halides is 6. The lowest BCUT2D eigenvalue weighted by molar-refractivity contribution is -0.246. The Morgan fingerprint density at radius 1 is 0.846 bits per heavy atom. The van der Waals surface area contributed by atoms with Gasteiger partial charge in [-0.2, -0.15) is 34.8 Å². The van der Waals surface area contributed by atoms with Gasteiger partial charge in [-0.25, -0.2) is 13.1 Å². The van der Waals surface area contributed by atoms with Gasteiger partial charge in [0.1, 0.15) is 0 Å². The summed E-state index contributed by atoms with van der Waals surface area (Å²) < 4.78 is 132. The summed E-state index contributed by atoms with van der Waals surface area (Å²) in [6.07, 6.45) is 0. The van der Waals surface area contributed by atoms with Crippen LogP contribution in [0.3, 0.4) is 0 Å². The standard InChI is InChI=1S/C11H12F6N2O5S2/c12-9(13,11(16,17)26(22,23)24)10(14,15)25(20,21)19-7-6-18-8-4-2-1-3-5-8/h1-5,18-19H,6-7H2,(H,22,23,24). The Morgan fingerprint density at radius 2 is 1.35 bits per heavy atom. The van der Waals surface area contributed by atoms with Gasteiger partial charge in [-0.3, -0.25) is 4.55 Å². The second-order valence-corrected chi connectivity index (χ2v) is 8.04. The predicted octanol–water partition coefficient (Wildman–Crippen LogP) is 1.73. The van der Waals surface area contributed by atoms with E-state index >= 15 is 0 Å². The minimum absolute atomic E-state index is 0.389. The Balaban J connectivity index is 2.92. The molecular formula is C11H12F6N2O5S2. The maximum atomic E-state index is 13.5. The molecule has 0 bridgehead atoms. The second-order valence-electron chi connectivity index (χ2n) is 4.77. The lowest BCUT2D eigenvalue weighted by Gasteiger charge is -2.30. The second kappa shape index (κ2) is 7.21. The first-order valence-corrected chi connectivity index (χ1v) is 9.39. The Kier molecular flexibility index (Phi) is 6.22. The molecule has 0 spiro atoms. The van der Waals surface area contributed by atoms with E-state index in [1.54, 1.807) is 18.2 Å². The van der Waals surface area contributed by atoms with E-state index in [2.05, 4.69) is 5.32 Å². The fourth-order valence-corrected chi connectivity index (χ4v) is 3.07. The number of anilines is 1. The molecule has 1 rings (SSSR count). The average molecular weight is 430 g/mol. The van der Waals surface area contributed by atoms with Gasteiger partial charge >= 0.3 is 26.5 Å². The molecule has 0 aliphatic rings. The molecule has 0 saturated heterocycles. The zero-order valence-corrected chi connectivity index (χ0v) is 14.1. The van der Waals surface area contributed by atoms with E-state index in [1.165, 1.54) is 12.1 Å². The summed E-state index contributed by atoms with van der Waals surface area (Å²) in [7, 11) is -13.5. The van der Waals surface area contributed by atoms with Crippen molar-refractivity contribution in [3.63, 3.8) is 0 Å². The normalized spacial score (nSPS) is 14.3. The van der Waals surface area contributed by atoms with Gasteiger partial charge in [0.05, 0.1) is 0 Å². The molecule has 1 aromatic carbocycles. The van der Waals surface area contributed by atoms with Crippen molar-refractivity contribution in [2.45, 2.75) is 16.4 Å². The highest BCUT2D eigenvalue weighted by molar-refractivity contribution is 7.90. The minimum Gasteiger partial charge on any atom is -0.384 e. The molecule has 150 valence electrons. The van der Waals surface area contributed by atoms with Crippen LogP contribution in [0, 0.1) is 0 Å². The molecule has 0 fully saturated rings. The van der Waals surface area contributed by atoms with Gasteiger partial charge in [0, 0.05) is 18.8 Å².